The summed E-state index contributed by atoms with van der Waals surface area (Å²) in [5, 5.41) is 0. The van der Waals surface area contributed by atoms with Gasteiger partial charge >= 0.3 is 0 Å². The Hall–Kier alpha value is -1.30. The fourth-order valence-electron chi connectivity index (χ4n) is 1.74. The molecule has 13 heavy (non-hydrogen) atoms. The van der Waals surface area contributed by atoms with Crippen LogP contribution in [0.1, 0.15) is 23.1 Å². The second-order valence-electron chi connectivity index (χ2n) is 3.47. The molecular formula is C13H14. The summed E-state index contributed by atoms with van der Waals surface area (Å²) in [4.78, 5) is 0. The molecule has 0 spiro atoms. The molecular weight excluding hydrogens is 156 g/mol. The molecule has 1 aromatic rings. The Bertz CT molecular complexity index is 345. The first-order valence-corrected chi connectivity index (χ1v) is 4.79. The monoisotopic (exact) mass is 170 g/mol. The van der Waals surface area contributed by atoms with E-state index in [2.05, 4.69) is 36.9 Å². The Morgan fingerprint density at radius 2 is 2.31 bits per heavy atom. The van der Waals surface area contributed by atoms with Crippen LogP contribution in [-0.2, 0) is 12.8 Å². The molecule has 0 bridgehead atoms. The van der Waals surface area contributed by atoms with Crippen molar-refractivity contribution in [1.29, 1.82) is 0 Å². The van der Waals surface area contributed by atoms with Crippen LogP contribution in [0.5, 0.6) is 0 Å². The first-order valence-electron chi connectivity index (χ1n) is 4.79. The minimum atomic E-state index is 1.08. The lowest BCUT2D eigenvalue weighted by Crippen LogP contribution is -1.87. The lowest BCUT2D eigenvalue weighted by molar-refractivity contribution is 0.999. The van der Waals surface area contributed by atoms with E-state index < -0.39 is 0 Å². The van der Waals surface area contributed by atoms with E-state index in [0.29, 0.717) is 0 Å². The topological polar surface area (TPSA) is 0 Å². The summed E-state index contributed by atoms with van der Waals surface area (Å²) in [7, 11) is 0. The van der Waals surface area contributed by atoms with Gasteiger partial charge in [-0.05, 0) is 36.0 Å². The van der Waals surface area contributed by atoms with Gasteiger partial charge in [0.2, 0.25) is 0 Å². The number of benzene rings is 1. The summed E-state index contributed by atoms with van der Waals surface area (Å²) in [5.74, 6) is 0. The molecule has 0 heteroatoms. The molecule has 0 unspecified atom stereocenters. The molecule has 1 aromatic carbocycles. The zero-order valence-corrected chi connectivity index (χ0v) is 7.79. The lowest BCUT2D eigenvalue weighted by atomic mass is 10.0. The predicted molar refractivity (Wildman–Crippen MR) is 57.7 cm³/mol. The molecule has 0 saturated heterocycles. The van der Waals surface area contributed by atoms with Crippen LogP contribution in [0.2, 0.25) is 0 Å². The zero-order chi connectivity index (χ0) is 9.10. The molecule has 1 aliphatic carbocycles. The highest BCUT2D eigenvalue weighted by molar-refractivity contribution is 5.60. The van der Waals surface area contributed by atoms with Gasteiger partial charge in [-0.3, -0.25) is 0 Å². The quantitative estimate of drug-likeness (QED) is 0.610. The van der Waals surface area contributed by atoms with Crippen LogP contribution < -0.4 is 0 Å². The number of allylic oxidation sites excluding steroid dienone is 2. The maximum absolute atomic E-state index is 3.74. The average molecular weight is 170 g/mol. The van der Waals surface area contributed by atoms with Gasteiger partial charge in [0, 0.05) is 0 Å². The van der Waals surface area contributed by atoms with Gasteiger partial charge in [0.15, 0.2) is 0 Å². The highest BCUT2D eigenvalue weighted by atomic mass is 14.1. The van der Waals surface area contributed by atoms with Crippen molar-refractivity contribution in [3.05, 3.63) is 53.6 Å². The summed E-state index contributed by atoms with van der Waals surface area (Å²) in [6.45, 7) is 3.74. The van der Waals surface area contributed by atoms with Gasteiger partial charge in [0.1, 0.15) is 0 Å². The molecule has 0 amide bonds. The van der Waals surface area contributed by atoms with E-state index in [1.165, 1.54) is 16.7 Å². The highest BCUT2D eigenvalue weighted by Crippen LogP contribution is 2.21. The molecule has 0 atom stereocenters. The smallest absolute Gasteiger partial charge is 0.00881 e. The second-order valence-corrected chi connectivity index (χ2v) is 3.47. The van der Waals surface area contributed by atoms with Crippen LogP contribution in [0, 0.1) is 0 Å². The van der Waals surface area contributed by atoms with Crippen LogP contribution >= 0.6 is 0 Å². The minimum absolute atomic E-state index is 1.08. The van der Waals surface area contributed by atoms with E-state index in [1.54, 1.807) is 0 Å². The van der Waals surface area contributed by atoms with Crippen molar-refractivity contribution in [3.63, 3.8) is 0 Å². The first kappa shape index (κ1) is 8.31. The van der Waals surface area contributed by atoms with Crippen molar-refractivity contribution in [2.24, 2.45) is 0 Å². The molecule has 0 aromatic heterocycles. The molecule has 2 rings (SSSR count). The SMILES string of the molecule is C=CCCc1ccc2c(c1)CC=C2. The molecule has 66 valence electrons. The molecule has 0 fully saturated rings. The summed E-state index contributed by atoms with van der Waals surface area (Å²) in [5.41, 5.74) is 4.30. The number of hydrogen-bond acceptors (Lipinski definition) is 0. The maximum Gasteiger partial charge on any atom is -0.00881 e. The third kappa shape index (κ3) is 1.72. The normalized spacial score (nSPS) is 12.9. The van der Waals surface area contributed by atoms with E-state index in [9.17, 15) is 0 Å². The van der Waals surface area contributed by atoms with Gasteiger partial charge in [-0.25, -0.2) is 0 Å². The van der Waals surface area contributed by atoms with Crippen LogP contribution in [0.15, 0.2) is 36.9 Å². The molecule has 0 N–H and O–H groups in total. The molecule has 0 aliphatic heterocycles. The summed E-state index contributed by atoms with van der Waals surface area (Å²) >= 11 is 0. The van der Waals surface area contributed by atoms with Crippen molar-refractivity contribution in [2.75, 3.05) is 0 Å². The number of fused-ring (bicyclic) bond motifs is 1. The molecule has 0 nitrogen and oxygen atoms in total. The zero-order valence-electron chi connectivity index (χ0n) is 7.79. The van der Waals surface area contributed by atoms with E-state index >= 15 is 0 Å². The average Bonchev–Trinajstić information content (AvgIpc) is 2.61. The van der Waals surface area contributed by atoms with Gasteiger partial charge in [0.25, 0.3) is 0 Å². The first-order chi connectivity index (χ1) is 6.40. The number of rotatable bonds is 3. The third-order valence-corrected chi connectivity index (χ3v) is 2.48. The standard InChI is InChI=1S/C13H14/c1-2-3-5-11-8-9-12-6-4-7-13(12)10-11/h2,4,6,8-10H,1,3,5,7H2. The summed E-state index contributed by atoms with van der Waals surface area (Å²) in [6.07, 6.45) is 9.71. The Morgan fingerprint density at radius 3 is 3.15 bits per heavy atom. The molecule has 0 saturated carbocycles. The van der Waals surface area contributed by atoms with Crippen molar-refractivity contribution in [2.45, 2.75) is 19.3 Å². The van der Waals surface area contributed by atoms with Crippen molar-refractivity contribution in [1.82, 2.24) is 0 Å². The van der Waals surface area contributed by atoms with Gasteiger partial charge in [-0.1, -0.05) is 36.4 Å². The van der Waals surface area contributed by atoms with Crippen LogP contribution in [-0.4, -0.2) is 0 Å². The fourth-order valence-corrected chi connectivity index (χ4v) is 1.74. The molecule has 0 heterocycles. The Kier molecular flexibility index (Phi) is 2.31. The van der Waals surface area contributed by atoms with Gasteiger partial charge < -0.3 is 0 Å². The molecule has 0 radical (unpaired) electrons. The highest BCUT2D eigenvalue weighted by Gasteiger charge is 2.04. The second kappa shape index (κ2) is 3.61. The van der Waals surface area contributed by atoms with Crippen molar-refractivity contribution >= 4 is 6.08 Å². The Balaban J connectivity index is 2.18. The van der Waals surface area contributed by atoms with Gasteiger partial charge in [0.05, 0.1) is 0 Å². The fraction of sp³-hybridized carbons (Fsp3) is 0.231. The minimum Gasteiger partial charge on any atom is -0.103 e. The van der Waals surface area contributed by atoms with Gasteiger partial charge in [-0.2, -0.15) is 0 Å². The maximum atomic E-state index is 3.74. The largest absolute Gasteiger partial charge is 0.103 e. The summed E-state index contributed by atoms with van der Waals surface area (Å²) < 4.78 is 0. The Labute approximate surface area is 79.6 Å². The number of aryl methyl sites for hydroxylation is 1. The van der Waals surface area contributed by atoms with Crippen LogP contribution in [0.3, 0.4) is 0 Å². The van der Waals surface area contributed by atoms with Crippen LogP contribution in [0.4, 0.5) is 0 Å². The van der Waals surface area contributed by atoms with Gasteiger partial charge in [-0.15, -0.1) is 6.58 Å². The molecule has 1 aliphatic rings. The van der Waals surface area contributed by atoms with Crippen molar-refractivity contribution in [3.8, 4) is 0 Å². The van der Waals surface area contributed by atoms with E-state index in [1.807, 2.05) is 6.08 Å². The van der Waals surface area contributed by atoms with E-state index in [4.69, 9.17) is 0 Å². The number of hydrogen-bond donors (Lipinski definition) is 0. The van der Waals surface area contributed by atoms with E-state index in [-0.39, 0.29) is 0 Å². The Morgan fingerprint density at radius 1 is 1.38 bits per heavy atom. The van der Waals surface area contributed by atoms with E-state index in [0.717, 1.165) is 19.3 Å². The van der Waals surface area contributed by atoms with Crippen molar-refractivity contribution < 1.29 is 0 Å². The predicted octanol–water partition coefficient (Wildman–Crippen LogP) is 3.37. The summed E-state index contributed by atoms with van der Waals surface area (Å²) in [6, 6.07) is 6.76. The third-order valence-electron chi connectivity index (χ3n) is 2.48. The lowest BCUT2D eigenvalue weighted by Gasteiger charge is -2.02. The van der Waals surface area contributed by atoms with Crippen LogP contribution in [0.25, 0.3) is 6.08 Å².